The molecule has 2 saturated heterocycles. The lowest BCUT2D eigenvalue weighted by Gasteiger charge is -2.54. The van der Waals surface area contributed by atoms with Crippen molar-refractivity contribution in [2.24, 2.45) is 0 Å². The predicted molar refractivity (Wildman–Crippen MR) is 162 cm³/mol. The number of nitrogens with zero attached hydrogens (tertiary/aromatic N) is 4. The van der Waals surface area contributed by atoms with E-state index in [0.29, 0.717) is 25.9 Å². The van der Waals surface area contributed by atoms with Crippen molar-refractivity contribution in [2.45, 2.75) is 50.9 Å². The zero-order valence-corrected chi connectivity index (χ0v) is 24.8. The van der Waals surface area contributed by atoms with Crippen molar-refractivity contribution in [3.63, 3.8) is 0 Å². The van der Waals surface area contributed by atoms with Gasteiger partial charge in [-0.15, -0.1) is 0 Å². The van der Waals surface area contributed by atoms with Gasteiger partial charge in [-0.05, 0) is 43.2 Å². The maximum atomic E-state index is 13.8. The molecule has 2 aromatic rings. The Hall–Kier alpha value is -4.38. The first kappa shape index (κ1) is 31.6. The second kappa shape index (κ2) is 15.7. The van der Waals surface area contributed by atoms with Gasteiger partial charge in [0.15, 0.2) is 0 Å². The number of carbonyl (C=O) groups excluding carboxylic acids is 4. The van der Waals surface area contributed by atoms with Crippen LogP contribution in [0.5, 0.6) is 0 Å². The zero-order valence-electron chi connectivity index (χ0n) is 24.8. The van der Waals surface area contributed by atoms with Gasteiger partial charge in [0.05, 0.1) is 13.1 Å². The summed E-state index contributed by atoms with van der Waals surface area (Å²) in [5.74, 6) is -0.340. The van der Waals surface area contributed by atoms with Crippen LogP contribution in [0.15, 0.2) is 73.3 Å². The van der Waals surface area contributed by atoms with Gasteiger partial charge in [-0.1, -0.05) is 73.3 Å². The minimum Gasteiger partial charge on any atom is -0.445 e. The SMILES string of the molecule is C=CCOC(=O)NCCC[C@H]1C(=O)N(CCCCc2ccccc2)C[C@H]2N1C(=O)CN(C)N2C(=O)NCc1ccccc1. The molecule has 2 fully saturated rings. The number of amides is 5. The van der Waals surface area contributed by atoms with E-state index < -0.39 is 18.3 Å². The molecule has 4 rings (SSSR count). The van der Waals surface area contributed by atoms with Crippen molar-refractivity contribution in [1.82, 2.24) is 30.5 Å². The summed E-state index contributed by atoms with van der Waals surface area (Å²) in [6, 6.07) is 18.7. The molecule has 0 aromatic heterocycles. The number of unbranched alkanes of at least 4 members (excludes halogenated alkanes) is 1. The molecule has 2 N–H and O–H groups in total. The first-order chi connectivity index (χ1) is 20.9. The zero-order chi connectivity index (χ0) is 30.6. The van der Waals surface area contributed by atoms with Gasteiger partial charge in [0, 0.05) is 26.7 Å². The number of ether oxygens (including phenoxy) is 1. The van der Waals surface area contributed by atoms with Gasteiger partial charge in [0.1, 0.15) is 18.8 Å². The third-order valence-electron chi connectivity index (χ3n) is 7.68. The molecule has 0 spiro atoms. The van der Waals surface area contributed by atoms with Crippen molar-refractivity contribution in [3.8, 4) is 0 Å². The Kier molecular flexibility index (Phi) is 11.5. The van der Waals surface area contributed by atoms with Crippen LogP contribution in [0.3, 0.4) is 0 Å². The topological polar surface area (TPSA) is 115 Å². The molecular weight excluding hydrogens is 548 g/mol. The molecule has 2 atom stereocenters. The van der Waals surface area contributed by atoms with Crippen LogP contribution in [0.1, 0.15) is 36.8 Å². The maximum Gasteiger partial charge on any atom is 0.407 e. The summed E-state index contributed by atoms with van der Waals surface area (Å²) < 4.78 is 4.95. The van der Waals surface area contributed by atoms with Crippen molar-refractivity contribution in [1.29, 1.82) is 0 Å². The third kappa shape index (κ3) is 8.57. The Labute approximate surface area is 253 Å². The second-order valence-corrected chi connectivity index (χ2v) is 10.8. The number of piperazine rings is 1. The normalized spacial score (nSPS) is 18.7. The standard InChI is InChI=1S/C32H42N6O5/c1-3-21-43-32(42)33-19-12-18-27-30(40)36(20-11-10-15-25-13-6-4-7-14-25)23-28-37(27)29(39)24-35(2)38(28)31(41)34-22-26-16-8-5-9-17-26/h3-9,13-14,16-17,27-28H,1,10-12,15,18-24H2,2H3,(H,33,42)(H,34,41)/t27-,28-/m0/s1. The van der Waals surface area contributed by atoms with E-state index >= 15 is 0 Å². The van der Waals surface area contributed by atoms with Gasteiger partial charge in [-0.25, -0.2) is 19.6 Å². The summed E-state index contributed by atoms with van der Waals surface area (Å²) in [7, 11) is 1.71. The molecular formula is C32H42N6O5. The van der Waals surface area contributed by atoms with Gasteiger partial charge < -0.3 is 25.2 Å². The molecule has 11 nitrogen and oxygen atoms in total. The number of hydrazine groups is 1. The van der Waals surface area contributed by atoms with E-state index in [-0.39, 0.29) is 44.1 Å². The summed E-state index contributed by atoms with van der Waals surface area (Å²) in [5, 5.41) is 8.83. The van der Waals surface area contributed by atoms with E-state index in [4.69, 9.17) is 4.74 Å². The van der Waals surface area contributed by atoms with Crippen LogP contribution in [0.2, 0.25) is 0 Å². The largest absolute Gasteiger partial charge is 0.445 e. The summed E-state index contributed by atoms with van der Waals surface area (Å²) >= 11 is 0. The Morgan fingerprint density at radius 3 is 2.37 bits per heavy atom. The number of benzene rings is 2. The number of hydrogen-bond donors (Lipinski definition) is 2. The number of rotatable bonds is 13. The number of aryl methyl sites for hydroxylation is 1. The number of alkyl carbamates (subject to hydrolysis) is 1. The number of urea groups is 1. The maximum absolute atomic E-state index is 13.8. The number of nitrogens with one attached hydrogen (secondary N) is 2. The first-order valence-corrected chi connectivity index (χ1v) is 14.9. The summed E-state index contributed by atoms with van der Waals surface area (Å²) in [4.78, 5) is 55.9. The highest BCUT2D eigenvalue weighted by Gasteiger charge is 2.50. The molecule has 11 heteroatoms. The fourth-order valence-corrected chi connectivity index (χ4v) is 5.59. The lowest BCUT2D eigenvalue weighted by Crippen LogP contribution is -2.76. The van der Waals surface area contributed by atoms with Crippen LogP contribution in [-0.2, 0) is 27.3 Å². The molecule has 230 valence electrons. The average molecular weight is 591 g/mol. The highest BCUT2D eigenvalue weighted by atomic mass is 16.5. The van der Waals surface area contributed by atoms with Crippen molar-refractivity contribution in [2.75, 3.05) is 39.8 Å². The van der Waals surface area contributed by atoms with Crippen molar-refractivity contribution in [3.05, 3.63) is 84.4 Å². The minimum absolute atomic E-state index is 0.0256. The van der Waals surface area contributed by atoms with Crippen LogP contribution < -0.4 is 10.6 Å². The predicted octanol–water partition coefficient (Wildman–Crippen LogP) is 3.14. The molecule has 0 radical (unpaired) electrons. The molecule has 2 heterocycles. The molecule has 2 aliphatic rings. The molecule has 0 saturated carbocycles. The van der Waals surface area contributed by atoms with Crippen molar-refractivity contribution >= 4 is 23.9 Å². The molecule has 0 aliphatic carbocycles. The van der Waals surface area contributed by atoms with Gasteiger partial charge in [0.2, 0.25) is 11.8 Å². The van der Waals surface area contributed by atoms with Gasteiger partial charge >= 0.3 is 12.1 Å². The fraction of sp³-hybridized carbons (Fsp3) is 0.438. The highest BCUT2D eigenvalue weighted by Crippen LogP contribution is 2.28. The summed E-state index contributed by atoms with van der Waals surface area (Å²) in [6.07, 6.45) is 3.67. The quantitative estimate of drug-likeness (QED) is 0.274. The third-order valence-corrected chi connectivity index (χ3v) is 7.68. The van der Waals surface area contributed by atoms with Crippen LogP contribution in [0.4, 0.5) is 9.59 Å². The number of likely N-dealkylation sites (N-methyl/N-ethyl adjacent to an activating group) is 1. The van der Waals surface area contributed by atoms with E-state index in [2.05, 4.69) is 29.3 Å². The van der Waals surface area contributed by atoms with E-state index in [1.165, 1.54) is 11.6 Å². The summed E-state index contributed by atoms with van der Waals surface area (Å²) in [5.41, 5.74) is 2.20. The summed E-state index contributed by atoms with van der Waals surface area (Å²) in [6.45, 7) is 4.97. The van der Waals surface area contributed by atoms with Crippen molar-refractivity contribution < 1.29 is 23.9 Å². The van der Waals surface area contributed by atoms with E-state index in [0.717, 1.165) is 24.8 Å². The Morgan fingerprint density at radius 2 is 1.67 bits per heavy atom. The molecule has 5 amide bonds. The lowest BCUT2D eigenvalue weighted by atomic mass is 10.0. The molecule has 2 aromatic carbocycles. The van der Waals surface area contributed by atoms with E-state index in [1.54, 1.807) is 26.9 Å². The lowest BCUT2D eigenvalue weighted by molar-refractivity contribution is -0.187. The molecule has 2 aliphatic heterocycles. The van der Waals surface area contributed by atoms with E-state index in [9.17, 15) is 19.2 Å². The number of fused-ring (bicyclic) bond motifs is 1. The minimum atomic E-state index is -0.746. The van der Waals surface area contributed by atoms with Crippen LogP contribution in [-0.4, -0.2) is 95.8 Å². The monoisotopic (exact) mass is 590 g/mol. The smallest absolute Gasteiger partial charge is 0.407 e. The van der Waals surface area contributed by atoms with Crippen LogP contribution in [0.25, 0.3) is 0 Å². The Balaban J connectivity index is 1.46. The van der Waals surface area contributed by atoms with Gasteiger partial charge in [0.25, 0.3) is 0 Å². The van der Waals surface area contributed by atoms with Crippen LogP contribution >= 0.6 is 0 Å². The fourth-order valence-electron chi connectivity index (χ4n) is 5.59. The van der Waals surface area contributed by atoms with Gasteiger partial charge in [-0.2, -0.15) is 0 Å². The molecule has 0 unspecified atom stereocenters. The number of hydrogen-bond acceptors (Lipinski definition) is 6. The van der Waals surface area contributed by atoms with E-state index in [1.807, 2.05) is 48.5 Å². The number of carbonyl (C=O) groups is 4. The van der Waals surface area contributed by atoms with Crippen LogP contribution in [0, 0.1) is 0 Å². The molecule has 0 bridgehead atoms. The average Bonchev–Trinajstić information content (AvgIpc) is 3.01. The first-order valence-electron chi connectivity index (χ1n) is 14.9. The Morgan fingerprint density at radius 1 is 0.977 bits per heavy atom. The van der Waals surface area contributed by atoms with Gasteiger partial charge in [-0.3, -0.25) is 9.59 Å². The second-order valence-electron chi connectivity index (χ2n) is 10.8. The molecule has 43 heavy (non-hydrogen) atoms. The Bertz CT molecular complexity index is 1240. The highest BCUT2D eigenvalue weighted by molar-refractivity contribution is 5.91.